The van der Waals surface area contributed by atoms with Crippen molar-refractivity contribution in [2.24, 2.45) is 7.05 Å². The maximum atomic E-state index is 13.8. The molecule has 0 spiro atoms. The topological polar surface area (TPSA) is 250 Å². The number of aryl methyl sites for hydroxylation is 1. The van der Waals surface area contributed by atoms with Crippen molar-refractivity contribution in [2.75, 3.05) is 213 Å². The number of hydrogen-bond donors (Lipinski definition) is 4. The first kappa shape index (κ1) is 86.2. The first-order chi connectivity index (χ1) is 67.0. The summed E-state index contributed by atoms with van der Waals surface area (Å²) in [4.78, 5) is 60.4. The number of nitrogens with one attached hydrogen (secondary N) is 4. The Hall–Kier alpha value is -14.0. The molecular weight excluding hydrogens is 1720 g/mol. The van der Waals surface area contributed by atoms with Crippen LogP contribution in [0.2, 0.25) is 0 Å². The summed E-state index contributed by atoms with van der Waals surface area (Å²) in [7, 11) is 2.19. The highest BCUT2D eigenvalue weighted by Crippen LogP contribution is 2.40. The summed E-state index contributed by atoms with van der Waals surface area (Å²) >= 11 is 0. The van der Waals surface area contributed by atoms with E-state index in [1.807, 2.05) is 55.0 Å². The minimum atomic E-state index is -0.219. The fourth-order valence-electron chi connectivity index (χ4n) is 21.0. The molecule has 0 unspecified atom stereocenters. The molecule has 10 aliphatic heterocycles. The zero-order valence-electron chi connectivity index (χ0n) is 76.4. The molecule has 6 aromatic carbocycles. The molecule has 17 aromatic rings. The lowest BCUT2D eigenvalue weighted by Crippen LogP contribution is -2.37. The molecule has 0 saturated carbocycles. The summed E-state index contributed by atoms with van der Waals surface area (Å²) in [5, 5.41) is 15.6. The third-order valence-electron chi connectivity index (χ3n) is 28.4. The molecule has 696 valence electrons. The summed E-state index contributed by atoms with van der Waals surface area (Å²) < 4.78 is 76.6. The van der Waals surface area contributed by atoms with Crippen LogP contribution >= 0.6 is 0 Å². The Morgan fingerprint density at radius 2 is 0.713 bits per heavy atom. The molecule has 27 rings (SSSR count). The predicted octanol–water partition coefficient (Wildman–Crippen LogP) is 15.9. The number of fused-ring (bicyclic) bond motifs is 17. The molecule has 0 atom stereocenters. The SMILES string of the molecule is Cn1c2c(c3ccccc31)CN(c1ccc(N3CCOCC3)cn1)CC2.Fc1ccc2[nH]c3c(c2c1)CN(c1ccc(N2CCOCC2)nn1)CC3.Fc1ccc2[nH]c3c(c2c1)CN(c1ccc2cc(N4CCOCC4)ncc2n1)CC3.Fc1ccc2c3c([nH]c2c1)CCN(c1nc2ccc(N4CCOCC4)cc2o1)C3.c1ccc2c3c([nH]c2c1)CCN(c1ccc(N2CCOCC2)cn1)C3. The number of para-hydroxylation sites is 2. The van der Waals surface area contributed by atoms with Gasteiger partial charge in [0.15, 0.2) is 17.2 Å². The lowest BCUT2D eigenvalue weighted by atomic mass is 10.0. The van der Waals surface area contributed by atoms with E-state index in [2.05, 4.69) is 199 Å². The number of nitrogens with zero attached hydrogens (tertiary/aromatic N) is 18. The number of morpholine rings is 5. The van der Waals surface area contributed by atoms with E-state index < -0.39 is 0 Å². The molecule has 0 aliphatic carbocycles. The maximum absolute atomic E-state index is 13.8. The fourth-order valence-corrected chi connectivity index (χ4v) is 21.0. The van der Waals surface area contributed by atoms with Gasteiger partial charge in [0.2, 0.25) is 0 Å². The fraction of sp³-hybridized carbons (Fsp3) is 0.343. The van der Waals surface area contributed by atoms with Crippen molar-refractivity contribution in [1.82, 2.24) is 59.6 Å². The normalized spacial score (nSPS) is 17.4. The highest BCUT2D eigenvalue weighted by atomic mass is 19.1. The summed E-state index contributed by atoms with van der Waals surface area (Å²) in [6.45, 7) is 25.2. The molecule has 0 amide bonds. The number of pyridine rings is 4. The van der Waals surface area contributed by atoms with Gasteiger partial charge in [0.1, 0.15) is 46.2 Å². The van der Waals surface area contributed by atoms with Crippen LogP contribution in [-0.2, 0) is 95.6 Å². The van der Waals surface area contributed by atoms with Gasteiger partial charge in [-0.2, -0.15) is 4.98 Å². The number of benzene rings is 6. The second-order valence-electron chi connectivity index (χ2n) is 36.4. The van der Waals surface area contributed by atoms with Crippen molar-refractivity contribution in [2.45, 2.75) is 64.8 Å². The van der Waals surface area contributed by atoms with Gasteiger partial charge in [-0.1, -0.05) is 36.4 Å². The van der Waals surface area contributed by atoms with Crippen LogP contribution < -0.4 is 49.0 Å². The van der Waals surface area contributed by atoms with Crippen molar-refractivity contribution < 1.29 is 41.3 Å². The van der Waals surface area contributed by atoms with Crippen LogP contribution in [0.1, 0.15) is 56.3 Å². The lowest BCUT2D eigenvalue weighted by molar-refractivity contribution is 0.122. The van der Waals surface area contributed by atoms with E-state index in [-0.39, 0.29) is 17.5 Å². The van der Waals surface area contributed by atoms with Crippen LogP contribution in [0.25, 0.3) is 76.5 Å². The Balaban J connectivity index is 0.0000000958. The van der Waals surface area contributed by atoms with Gasteiger partial charge in [-0.15, -0.1) is 10.2 Å². The molecule has 0 bridgehead atoms. The van der Waals surface area contributed by atoms with E-state index in [0.29, 0.717) is 19.1 Å². The number of oxazole rings is 1. The van der Waals surface area contributed by atoms with E-state index in [4.69, 9.17) is 48.0 Å². The number of rotatable bonds is 10. The maximum Gasteiger partial charge on any atom is 0.298 e. The first-order valence-electron chi connectivity index (χ1n) is 47.8. The van der Waals surface area contributed by atoms with Gasteiger partial charge in [0.25, 0.3) is 6.01 Å². The molecule has 5 saturated heterocycles. The predicted molar refractivity (Wildman–Crippen MR) is 529 cm³/mol. The van der Waals surface area contributed by atoms with Crippen LogP contribution in [0.5, 0.6) is 0 Å². The van der Waals surface area contributed by atoms with Crippen LogP contribution in [0, 0.1) is 17.5 Å². The van der Waals surface area contributed by atoms with Crippen LogP contribution in [0.4, 0.5) is 71.2 Å². The van der Waals surface area contributed by atoms with Gasteiger partial charge < -0.3 is 102 Å². The average Bonchev–Trinajstić information content (AvgIpc) is 1.62. The standard InChI is InChI=1S/C23H22FN5O.C22H21FN4O2.C21H24N4O.C20H22N4O.C19H20FN5O/c24-16-2-3-19-17(12-16)18-14-29(6-5-20(18)26-19)22-4-1-15-11-23(25-13-21(15)27-22)28-7-9-30-10-8-28;23-14-1-3-16-17-13-27(6-5-18(17)24-20(16)11-14)22-25-19-4-2-15(12-21(19)29-22)26-7-9-28-10-8-26;1-23-19-5-3-2-4-17(19)18-15-25(9-8-20(18)23)21-7-6-16(14-22-21)24-10-12-26-13-11-24;1-2-4-18-16(3-1)17-14-24(8-7-19(17)22-18)20-6-5-15(13-21-20)23-9-11-25-12-10-23;20-13-1-2-16-14(11-13)15-12-25(6-5-17(15)21-16)19-4-3-18(22-23-19)24-7-9-26-10-8-24/h1-4,11-13,26H,5-10,14H2;1-4,11-12,24H,5-10,13H2;2-7,14H,8-13,15H2,1H3;1-6,13,22H,7-12,14H2;1-4,11,21H,5-10,12H2. The van der Waals surface area contributed by atoms with E-state index in [1.165, 1.54) is 102 Å². The second-order valence-corrected chi connectivity index (χ2v) is 36.4. The first-order valence-corrected chi connectivity index (χ1v) is 47.8. The average molecular weight is 1830 g/mol. The number of aromatic amines is 4. The number of H-pyrrole nitrogens is 4. The van der Waals surface area contributed by atoms with E-state index >= 15 is 0 Å². The number of ether oxygens (including phenoxy) is 5. The number of aromatic nitrogens is 12. The molecular formula is C105H109F3N22O6. The summed E-state index contributed by atoms with van der Waals surface area (Å²) in [5.74, 6) is 5.17. The minimum Gasteiger partial charge on any atom is -0.423 e. The Morgan fingerprint density at radius 3 is 1.28 bits per heavy atom. The molecule has 136 heavy (non-hydrogen) atoms. The largest absolute Gasteiger partial charge is 0.423 e. The summed E-state index contributed by atoms with van der Waals surface area (Å²) in [6.07, 6.45) is 10.6. The van der Waals surface area contributed by atoms with Gasteiger partial charge in [0, 0.05) is 298 Å². The molecule has 28 nitrogen and oxygen atoms in total. The third-order valence-corrected chi connectivity index (χ3v) is 28.4. The highest BCUT2D eigenvalue weighted by Gasteiger charge is 2.31. The smallest absolute Gasteiger partial charge is 0.298 e. The highest BCUT2D eigenvalue weighted by molar-refractivity contribution is 5.91. The second kappa shape index (κ2) is 38.1. The summed E-state index contributed by atoms with van der Waals surface area (Å²) in [6, 6.07) is 58.0. The minimum absolute atomic E-state index is 0.201. The van der Waals surface area contributed by atoms with Crippen LogP contribution in [0.15, 0.2) is 199 Å². The van der Waals surface area contributed by atoms with Gasteiger partial charge in [-0.25, -0.2) is 33.1 Å². The van der Waals surface area contributed by atoms with Gasteiger partial charge in [0.05, 0.1) is 102 Å². The Kier molecular flexibility index (Phi) is 24.1. The van der Waals surface area contributed by atoms with Crippen molar-refractivity contribution in [3.8, 4) is 0 Å². The zero-order valence-corrected chi connectivity index (χ0v) is 76.4. The van der Waals surface area contributed by atoms with Gasteiger partial charge in [-0.05, 0) is 133 Å². The van der Waals surface area contributed by atoms with Crippen molar-refractivity contribution >= 4 is 135 Å². The Morgan fingerprint density at radius 1 is 0.294 bits per heavy atom. The van der Waals surface area contributed by atoms with Crippen molar-refractivity contribution in [3.63, 3.8) is 0 Å². The third kappa shape index (κ3) is 17.8. The molecule has 4 N–H and O–H groups in total. The molecule has 21 heterocycles. The van der Waals surface area contributed by atoms with Crippen molar-refractivity contribution in [3.05, 3.63) is 268 Å². The number of anilines is 10. The zero-order chi connectivity index (χ0) is 91.1. The van der Waals surface area contributed by atoms with Gasteiger partial charge >= 0.3 is 0 Å². The lowest BCUT2D eigenvalue weighted by Gasteiger charge is -2.31. The van der Waals surface area contributed by atoms with Gasteiger partial charge in [-0.3, -0.25) is 0 Å². The molecule has 11 aromatic heterocycles. The van der Waals surface area contributed by atoms with E-state index in [9.17, 15) is 13.2 Å². The van der Waals surface area contributed by atoms with E-state index in [0.717, 1.165) is 317 Å². The van der Waals surface area contributed by atoms with Crippen LogP contribution in [0.3, 0.4) is 0 Å². The molecule has 10 aliphatic rings. The number of hydrogen-bond acceptors (Lipinski definition) is 23. The Bertz CT molecular complexity index is 7150. The quantitative estimate of drug-likeness (QED) is 0.0993. The Labute approximate surface area is 784 Å². The van der Waals surface area contributed by atoms with Crippen molar-refractivity contribution in [1.29, 1.82) is 0 Å². The van der Waals surface area contributed by atoms with E-state index in [1.54, 1.807) is 18.2 Å². The monoisotopic (exact) mass is 1830 g/mol. The van der Waals surface area contributed by atoms with Crippen LogP contribution in [-0.4, -0.2) is 224 Å². The molecule has 0 radical (unpaired) electrons. The number of halogens is 3. The summed E-state index contributed by atoms with van der Waals surface area (Å²) in [5.41, 5.74) is 24.3. The molecule has 31 heteroatoms. The molecule has 5 fully saturated rings.